The molecule has 0 atom stereocenters. The zero-order chi connectivity index (χ0) is 13.4. The summed E-state index contributed by atoms with van der Waals surface area (Å²) in [5.74, 6) is 0.797. The van der Waals surface area contributed by atoms with Crippen molar-refractivity contribution < 1.29 is 4.79 Å². The minimum Gasteiger partial charge on any atom is -0.331 e. The van der Waals surface area contributed by atoms with E-state index in [1.54, 1.807) is 17.1 Å². The number of aryl methyl sites for hydroxylation is 2. The molecule has 0 amide bonds. The maximum absolute atomic E-state index is 12.2. The quantitative estimate of drug-likeness (QED) is 0.669. The van der Waals surface area contributed by atoms with Crippen LogP contribution in [-0.2, 0) is 20.5 Å². The van der Waals surface area contributed by atoms with Gasteiger partial charge >= 0.3 is 0 Å². The molecule has 5 nitrogen and oxygen atoms in total. The number of carbonyl (C=O) groups is 1. The Morgan fingerprint density at radius 2 is 2.05 bits per heavy atom. The largest absolute Gasteiger partial charge is 0.331 e. The fraction of sp³-hybridized carbons (Fsp3) is 0.214. The van der Waals surface area contributed by atoms with Gasteiger partial charge in [-0.15, -0.1) is 0 Å². The molecule has 0 unspecified atom stereocenters. The lowest BCUT2D eigenvalue weighted by atomic mass is 10.2. The molecule has 0 bridgehead atoms. The maximum Gasteiger partial charge on any atom is 0.188 e. The van der Waals surface area contributed by atoms with Gasteiger partial charge in [-0.2, -0.15) is 0 Å². The fourth-order valence-electron chi connectivity index (χ4n) is 2.21. The first-order chi connectivity index (χ1) is 9.16. The Labute approximate surface area is 110 Å². The third-order valence-corrected chi connectivity index (χ3v) is 3.30. The average molecular weight is 254 g/mol. The normalized spacial score (nSPS) is 11.1. The van der Waals surface area contributed by atoms with Crippen molar-refractivity contribution in [2.75, 3.05) is 0 Å². The van der Waals surface area contributed by atoms with Crippen LogP contribution in [0.5, 0.6) is 0 Å². The number of fused-ring (bicyclic) bond motifs is 1. The smallest absolute Gasteiger partial charge is 0.188 e. The topological polar surface area (TPSA) is 52.7 Å². The van der Waals surface area contributed by atoms with Crippen LogP contribution in [-0.4, -0.2) is 24.9 Å². The van der Waals surface area contributed by atoms with Crippen LogP contribution in [0.3, 0.4) is 0 Å². The summed E-state index contributed by atoms with van der Waals surface area (Å²) < 4.78 is 3.69. The second-order valence-electron chi connectivity index (χ2n) is 4.57. The van der Waals surface area contributed by atoms with Crippen LogP contribution in [0.1, 0.15) is 16.3 Å². The number of hydrogen-bond acceptors (Lipinski definition) is 3. The zero-order valence-electron chi connectivity index (χ0n) is 10.9. The molecule has 19 heavy (non-hydrogen) atoms. The van der Waals surface area contributed by atoms with Crippen molar-refractivity contribution in [3.63, 3.8) is 0 Å². The Morgan fingerprint density at radius 3 is 2.74 bits per heavy atom. The van der Waals surface area contributed by atoms with Gasteiger partial charge in [-0.05, 0) is 12.1 Å². The van der Waals surface area contributed by atoms with Crippen LogP contribution in [0.4, 0.5) is 0 Å². The van der Waals surface area contributed by atoms with Crippen molar-refractivity contribution in [3.8, 4) is 0 Å². The lowest BCUT2D eigenvalue weighted by Gasteiger charge is -2.02. The summed E-state index contributed by atoms with van der Waals surface area (Å²) in [6.07, 6.45) is 3.50. The first kappa shape index (κ1) is 11.6. The molecule has 96 valence electrons. The number of rotatable bonds is 3. The van der Waals surface area contributed by atoms with Crippen LogP contribution in [0.2, 0.25) is 0 Å². The fourth-order valence-corrected chi connectivity index (χ4v) is 2.21. The van der Waals surface area contributed by atoms with E-state index in [2.05, 4.69) is 9.97 Å². The van der Waals surface area contributed by atoms with E-state index in [1.165, 1.54) is 0 Å². The highest BCUT2D eigenvalue weighted by Crippen LogP contribution is 2.15. The van der Waals surface area contributed by atoms with E-state index in [9.17, 15) is 4.79 Å². The summed E-state index contributed by atoms with van der Waals surface area (Å²) in [5, 5.41) is 0. The number of hydrogen-bond donors (Lipinski definition) is 0. The maximum atomic E-state index is 12.2. The van der Waals surface area contributed by atoms with Gasteiger partial charge in [0.05, 0.1) is 30.0 Å². The van der Waals surface area contributed by atoms with E-state index in [0.717, 1.165) is 16.9 Å². The highest BCUT2D eigenvalue weighted by atomic mass is 16.1. The van der Waals surface area contributed by atoms with Gasteiger partial charge in [0.1, 0.15) is 11.5 Å². The molecule has 0 fully saturated rings. The monoisotopic (exact) mass is 254 g/mol. The van der Waals surface area contributed by atoms with Gasteiger partial charge in [0.25, 0.3) is 0 Å². The van der Waals surface area contributed by atoms with Gasteiger partial charge in [-0.25, -0.2) is 9.97 Å². The summed E-state index contributed by atoms with van der Waals surface area (Å²) in [7, 11) is 3.75. The Morgan fingerprint density at radius 1 is 1.26 bits per heavy atom. The first-order valence-electron chi connectivity index (χ1n) is 6.06. The second kappa shape index (κ2) is 4.35. The van der Waals surface area contributed by atoms with Crippen LogP contribution >= 0.6 is 0 Å². The van der Waals surface area contributed by atoms with Crippen LogP contribution < -0.4 is 0 Å². The van der Waals surface area contributed by atoms with Crippen molar-refractivity contribution in [1.29, 1.82) is 0 Å². The summed E-state index contributed by atoms with van der Waals surface area (Å²) in [5.41, 5.74) is 2.56. The average Bonchev–Trinajstić information content (AvgIpc) is 2.95. The molecule has 0 aliphatic carbocycles. The minimum absolute atomic E-state index is 0.0263. The molecule has 2 heterocycles. The van der Waals surface area contributed by atoms with Crippen molar-refractivity contribution >= 4 is 16.8 Å². The highest BCUT2D eigenvalue weighted by Gasteiger charge is 2.15. The molecule has 5 heteroatoms. The highest BCUT2D eigenvalue weighted by molar-refractivity contribution is 5.95. The van der Waals surface area contributed by atoms with Gasteiger partial charge in [0.15, 0.2) is 5.78 Å². The summed E-state index contributed by atoms with van der Waals surface area (Å²) in [6, 6.07) is 7.87. The van der Waals surface area contributed by atoms with Gasteiger partial charge < -0.3 is 9.13 Å². The van der Waals surface area contributed by atoms with Gasteiger partial charge in [-0.1, -0.05) is 12.1 Å². The molecular formula is C14H14N4O. The summed E-state index contributed by atoms with van der Waals surface area (Å²) in [4.78, 5) is 20.7. The Hall–Kier alpha value is -2.43. The van der Waals surface area contributed by atoms with E-state index in [0.29, 0.717) is 5.69 Å². The lowest BCUT2D eigenvalue weighted by Crippen LogP contribution is -2.11. The summed E-state index contributed by atoms with van der Waals surface area (Å²) >= 11 is 0. The van der Waals surface area contributed by atoms with E-state index >= 15 is 0 Å². The number of Topliss-reactive ketones (excluding diaryl/α,β-unsaturated/α-hetero) is 1. The second-order valence-corrected chi connectivity index (χ2v) is 4.57. The zero-order valence-corrected chi connectivity index (χ0v) is 10.9. The molecule has 2 aromatic heterocycles. The standard InChI is InChI=1S/C14H14N4O/c1-17-9-15-8-12(17)13(19)7-14-16-10-5-3-4-6-11(10)18(14)2/h3-6,8-9H,7H2,1-2H3. The third-order valence-electron chi connectivity index (χ3n) is 3.30. The van der Waals surface area contributed by atoms with Crippen molar-refractivity contribution in [3.05, 3.63) is 48.3 Å². The third kappa shape index (κ3) is 1.93. The molecule has 0 saturated heterocycles. The van der Waals surface area contributed by atoms with Gasteiger partial charge in [0, 0.05) is 14.1 Å². The molecule has 1 aromatic carbocycles. The number of nitrogens with zero attached hydrogens (tertiary/aromatic N) is 4. The number of imidazole rings is 2. The predicted molar refractivity (Wildman–Crippen MR) is 72.0 cm³/mol. The van der Waals surface area contributed by atoms with E-state index in [4.69, 9.17) is 0 Å². The van der Waals surface area contributed by atoms with Gasteiger partial charge in [-0.3, -0.25) is 4.79 Å². The molecule has 0 spiro atoms. The molecule has 0 N–H and O–H groups in total. The lowest BCUT2D eigenvalue weighted by molar-refractivity contribution is 0.0982. The predicted octanol–water partition coefficient (Wildman–Crippen LogP) is 1.73. The molecule has 0 radical (unpaired) electrons. The molecule has 0 aliphatic rings. The van der Waals surface area contributed by atoms with Crippen LogP contribution in [0.15, 0.2) is 36.8 Å². The van der Waals surface area contributed by atoms with E-state index in [1.807, 2.05) is 42.9 Å². The van der Waals surface area contributed by atoms with Crippen molar-refractivity contribution in [1.82, 2.24) is 19.1 Å². The molecule has 3 rings (SSSR count). The minimum atomic E-state index is 0.0263. The number of carbonyl (C=O) groups excluding carboxylic acids is 1. The van der Waals surface area contributed by atoms with Crippen molar-refractivity contribution in [2.45, 2.75) is 6.42 Å². The van der Waals surface area contributed by atoms with E-state index < -0.39 is 0 Å². The molecular weight excluding hydrogens is 240 g/mol. The number of para-hydroxylation sites is 2. The Kier molecular flexibility index (Phi) is 2.67. The number of ketones is 1. The molecule has 0 saturated carbocycles. The number of aromatic nitrogens is 4. The Balaban J connectivity index is 1.96. The number of benzene rings is 1. The first-order valence-corrected chi connectivity index (χ1v) is 6.06. The molecule has 0 aliphatic heterocycles. The van der Waals surface area contributed by atoms with E-state index in [-0.39, 0.29) is 12.2 Å². The summed E-state index contributed by atoms with van der Waals surface area (Å²) in [6.45, 7) is 0. The van der Waals surface area contributed by atoms with Gasteiger partial charge in [0.2, 0.25) is 0 Å². The van der Waals surface area contributed by atoms with Crippen LogP contribution in [0.25, 0.3) is 11.0 Å². The Bertz CT molecular complexity index is 754. The SMILES string of the molecule is Cn1cncc1C(=O)Cc1nc2ccccc2n1C. The molecule has 3 aromatic rings. The van der Waals surface area contributed by atoms with Crippen molar-refractivity contribution in [2.24, 2.45) is 14.1 Å². The van der Waals surface area contributed by atoms with Crippen LogP contribution in [0, 0.1) is 0 Å².